The fraction of sp³-hybridized carbons (Fsp3) is 0.786. The molecule has 0 aromatic heterocycles. The van der Waals surface area contributed by atoms with Crippen LogP contribution in [0, 0.1) is 11.8 Å². The van der Waals surface area contributed by atoms with Crippen LogP contribution in [0.4, 0.5) is 4.79 Å². The first-order chi connectivity index (χ1) is 9.04. The molecule has 2 rings (SSSR count). The molecule has 1 saturated heterocycles. The molecule has 1 saturated carbocycles. The molecule has 1 aliphatic heterocycles. The van der Waals surface area contributed by atoms with Crippen LogP contribution >= 0.6 is 0 Å². The Morgan fingerprint density at radius 2 is 1.79 bits per heavy atom. The third-order valence-corrected chi connectivity index (χ3v) is 4.23. The van der Waals surface area contributed by atoms with Crippen molar-refractivity contribution in [2.45, 2.75) is 58.4 Å². The number of hydrogen-bond donors (Lipinski definition) is 1. The van der Waals surface area contributed by atoms with Gasteiger partial charge in [0.25, 0.3) is 0 Å². The number of nitrogens with one attached hydrogen (secondary N) is 1. The number of carbonyl (C=O) groups is 3. The summed E-state index contributed by atoms with van der Waals surface area (Å²) in [6, 6.07) is -0.557. The number of urea groups is 1. The standard InChI is InChI=1S/C14H22N2O3/c1-3-4-11-12(17)15-14(19)16(13(11)18)10-7-5-9(2)6-8-10/h9-11H,3-8H2,1-2H3,(H,15,17,19). The largest absolute Gasteiger partial charge is 0.331 e. The van der Waals surface area contributed by atoms with E-state index in [2.05, 4.69) is 12.2 Å². The van der Waals surface area contributed by atoms with Gasteiger partial charge in [-0.1, -0.05) is 20.3 Å². The van der Waals surface area contributed by atoms with Gasteiger partial charge in [-0.05, 0) is 38.0 Å². The lowest BCUT2D eigenvalue weighted by atomic mass is 9.85. The summed E-state index contributed by atoms with van der Waals surface area (Å²) >= 11 is 0. The highest BCUT2D eigenvalue weighted by atomic mass is 16.2. The third kappa shape index (κ3) is 2.80. The summed E-state index contributed by atoms with van der Waals surface area (Å²) < 4.78 is 0. The second-order valence-electron chi connectivity index (χ2n) is 5.76. The summed E-state index contributed by atoms with van der Waals surface area (Å²) in [5.41, 5.74) is 0. The van der Waals surface area contributed by atoms with Crippen molar-refractivity contribution in [3.05, 3.63) is 0 Å². The number of rotatable bonds is 3. The number of amides is 4. The van der Waals surface area contributed by atoms with Gasteiger partial charge in [0, 0.05) is 6.04 Å². The first-order valence-electron chi connectivity index (χ1n) is 7.22. The van der Waals surface area contributed by atoms with Crippen molar-refractivity contribution in [3.63, 3.8) is 0 Å². The van der Waals surface area contributed by atoms with Crippen molar-refractivity contribution in [3.8, 4) is 0 Å². The maximum Gasteiger partial charge on any atom is 0.331 e. The third-order valence-electron chi connectivity index (χ3n) is 4.23. The highest BCUT2D eigenvalue weighted by molar-refractivity contribution is 6.16. The van der Waals surface area contributed by atoms with Crippen LogP contribution in [0.1, 0.15) is 52.4 Å². The fourth-order valence-corrected chi connectivity index (χ4v) is 3.02. The molecule has 1 aliphatic carbocycles. The SMILES string of the molecule is CCCC1C(=O)NC(=O)N(C2CCC(C)CC2)C1=O. The summed E-state index contributed by atoms with van der Waals surface area (Å²) in [6.07, 6.45) is 5.05. The minimum Gasteiger partial charge on any atom is -0.277 e. The zero-order chi connectivity index (χ0) is 14.0. The van der Waals surface area contributed by atoms with Crippen LogP contribution < -0.4 is 5.32 Å². The van der Waals surface area contributed by atoms with E-state index in [4.69, 9.17) is 0 Å². The Morgan fingerprint density at radius 3 is 2.37 bits per heavy atom. The molecule has 0 aromatic rings. The Balaban J connectivity index is 2.12. The molecule has 1 unspecified atom stereocenters. The van der Waals surface area contributed by atoms with Gasteiger partial charge in [-0.2, -0.15) is 0 Å². The van der Waals surface area contributed by atoms with E-state index in [0.717, 1.165) is 32.1 Å². The van der Waals surface area contributed by atoms with Crippen molar-refractivity contribution in [1.82, 2.24) is 10.2 Å². The first-order valence-corrected chi connectivity index (χ1v) is 7.22. The lowest BCUT2D eigenvalue weighted by Crippen LogP contribution is -2.61. The second kappa shape index (κ2) is 5.72. The molecule has 106 valence electrons. The van der Waals surface area contributed by atoms with Gasteiger partial charge < -0.3 is 0 Å². The van der Waals surface area contributed by atoms with Crippen LogP contribution in [0.2, 0.25) is 0 Å². The van der Waals surface area contributed by atoms with E-state index < -0.39 is 17.9 Å². The maximum atomic E-state index is 12.4. The summed E-state index contributed by atoms with van der Waals surface area (Å²) in [5.74, 6) is -0.748. The minimum atomic E-state index is -0.679. The van der Waals surface area contributed by atoms with Gasteiger partial charge in [0.2, 0.25) is 11.8 Å². The Hall–Kier alpha value is -1.39. The molecule has 0 spiro atoms. The number of imide groups is 2. The van der Waals surface area contributed by atoms with Crippen LogP contribution in [0.25, 0.3) is 0 Å². The van der Waals surface area contributed by atoms with Gasteiger partial charge in [-0.3, -0.25) is 19.8 Å². The number of hydrogen-bond acceptors (Lipinski definition) is 3. The quantitative estimate of drug-likeness (QED) is 0.795. The molecular formula is C14H22N2O3. The van der Waals surface area contributed by atoms with E-state index >= 15 is 0 Å². The van der Waals surface area contributed by atoms with Gasteiger partial charge >= 0.3 is 6.03 Å². The number of barbiturate groups is 1. The zero-order valence-electron chi connectivity index (χ0n) is 11.6. The predicted octanol–water partition coefficient (Wildman–Crippen LogP) is 2.06. The number of nitrogens with zero attached hydrogens (tertiary/aromatic N) is 1. The van der Waals surface area contributed by atoms with Crippen molar-refractivity contribution >= 4 is 17.8 Å². The Labute approximate surface area is 113 Å². The predicted molar refractivity (Wildman–Crippen MR) is 70.2 cm³/mol. The monoisotopic (exact) mass is 266 g/mol. The number of carbonyl (C=O) groups excluding carboxylic acids is 3. The molecule has 1 N–H and O–H groups in total. The van der Waals surface area contributed by atoms with Crippen LogP contribution in [-0.4, -0.2) is 28.8 Å². The van der Waals surface area contributed by atoms with Gasteiger partial charge in [0.1, 0.15) is 5.92 Å². The molecule has 5 heteroatoms. The van der Waals surface area contributed by atoms with Crippen LogP contribution in [0.3, 0.4) is 0 Å². The van der Waals surface area contributed by atoms with E-state index in [1.54, 1.807) is 0 Å². The molecule has 4 amide bonds. The van der Waals surface area contributed by atoms with E-state index in [1.807, 2.05) is 6.92 Å². The van der Waals surface area contributed by atoms with E-state index in [0.29, 0.717) is 12.3 Å². The Kier molecular flexibility index (Phi) is 4.22. The topological polar surface area (TPSA) is 66.5 Å². The average Bonchev–Trinajstić information content (AvgIpc) is 2.36. The lowest BCUT2D eigenvalue weighted by Gasteiger charge is -2.38. The molecule has 1 heterocycles. The Bertz CT molecular complexity index is 386. The molecular weight excluding hydrogens is 244 g/mol. The van der Waals surface area contributed by atoms with E-state index in [9.17, 15) is 14.4 Å². The van der Waals surface area contributed by atoms with Crippen molar-refractivity contribution in [2.24, 2.45) is 11.8 Å². The molecule has 2 fully saturated rings. The molecule has 2 aliphatic rings. The molecule has 19 heavy (non-hydrogen) atoms. The summed E-state index contributed by atoms with van der Waals surface area (Å²) in [4.78, 5) is 37.3. The summed E-state index contributed by atoms with van der Waals surface area (Å²) in [7, 11) is 0. The van der Waals surface area contributed by atoms with Crippen molar-refractivity contribution in [1.29, 1.82) is 0 Å². The molecule has 5 nitrogen and oxygen atoms in total. The highest BCUT2D eigenvalue weighted by Crippen LogP contribution is 2.29. The average molecular weight is 266 g/mol. The smallest absolute Gasteiger partial charge is 0.277 e. The van der Waals surface area contributed by atoms with Gasteiger partial charge in [-0.25, -0.2) is 4.79 Å². The van der Waals surface area contributed by atoms with Gasteiger partial charge in [0.15, 0.2) is 0 Å². The molecule has 0 radical (unpaired) electrons. The minimum absolute atomic E-state index is 0.0313. The van der Waals surface area contributed by atoms with Gasteiger partial charge in [-0.15, -0.1) is 0 Å². The summed E-state index contributed by atoms with van der Waals surface area (Å²) in [5, 5.41) is 2.33. The molecule has 1 atom stereocenters. The van der Waals surface area contributed by atoms with Crippen LogP contribution in [0.15, 0.2) is 0 Å². The van der Waals surface area contributed by atoms with E-state index in [-0.39, 0.29) is 11.9 Å². The highest BCUT2D eigenvalue weighted by Gasteiger charge is 2.43. The molecule has 0 bridgehead atoms. The van der Waals surface area contributed by atoms with Crippen LogP contribution in [0.5, 0.6) is 0 Å². The van der Waals surface area contributed by atoms with Crippen molar-refractivity contribution in [2.75, 3.05) is 0 Å². The first kappa shape index (κ1) is 14.0. The Morgan fingerprint density at radius 1 is 1.16 bits per heavy atom. The zero-order valence-corrected chi connectivity index (χ0v) is 11.6. The van der Waals surface area contributed by atoms with Crippen molar-refractivity contribution < 1.29 is 14.4 Å². The van der Waals surface area contributed by atoms with E-state index in [1.165, 1.54) is 4.90 Å². The fourth-order valence-electron chi connectivity index (χ4n) is 3.02. The normalized spacial score (nSPS) is 32.4. The van der Waals surface area contributed by atoms with Gasteiger partial charge in [0.05, 0.1) is 0 Å². The molecule has 0 aromatic carbocycles. The maximum absolute atomic E-state index is 12.4. The lowest BCUT2D eigenvalue weighted by molar-refractivity contribution is -0.144. The second-order valence-corrected chi connectivity index (χ2v) is 5.76. The summed E-state index contributed by atoms with van der Waals surface area (Å²) in [6.45, 7) is 4.13. The van der Waals surface area contributed by atoms with Crippen LogP contribution in [-0.2, 0) is 9.59 Å².